The number of urea groups is 1. The molecular formula is C21H26FN3O2. The molecule has 1 aliphatic rings. The molecule has 1 saturated heterocycles. The van der Waals surface area contributed by atoms with E-state index in [0.29, 0.717) is 18.8 Å². The number of rotatable bonds is 8. The van der Waals surface area contributed by atoms with Crippen molar-refractivity contribution in [3.8, 4) is 5.75 Å². The largest absolute Gasteiger partial charge is 0.492 e. The second-order valence-corrected chi connectivity index (χ2v) is 6.61. The van der Waals surface area contributed by atoms with Gasteiger partial charge in [-0.05, 0) is 43.6 Å². The van der Waals surface area contributed by atoms with Crippen molar-refractivity contribution in [2.75, 3.05) is 32.8 Å². The quantitative estimate of drug-likeness (QED) is 0.700. The summed E-state index contributed by atoms with van der Waals surface area (Å²) in [4.78, 5) is 14.5. The SMILES string of the molecule is O=C(NCCOc1cccc(F)c1)NCC(c1ccccc1)N1CCCC1. The average molecular weight is 371 g/mol. The average Bonchev–Trinajstić information content (AvgIpc) is 3.21. The van der Waals surface area contributed by atoms with Gasteiger partial charge in [0.1, 0.15) is 18.2 Å². The van der Waals surface area contributed by atoms with E-state index in [1.807, 2.05) is 18.2 Å². The lowest BCUT2D eigenvalue weighted by molar-refractivity contribution is 0.218. The maximum Gasteiger partial charge on any atom is 0.314 e. The van der Waals surface area contributed by atoms with Gasteiger partial charge in [-0.25, -0.2) is 9.18 Å². The zero-order valence-corrected chi connectivity index (χ0v) is 15.4. The molecule has 2 aromatic carbocycles. The van der Waals surface area contributed by atoms with Crippen LogP contribution >= 0.6 is 0 Å². The monoisotopic (exact) mass is 371 g/mol. The van der Waals surface area contributed by atoms with Crippen LogP contribution in [0, 0.1) is 5.82 Å². The number of carbonyl (C=O) groups excluding carboxylic acids is 1. The van der Waals surface area contributed by atoms with Gasteiger partial charge < -0.3 is 15.4 Å². The summed E-state index contributed by atoms with van der Waals surface area (Å²) in [5.41, 5.74) is 1.22. The molecule has 0 radical (unpaired) electrons. The van der Waals surface area contributed by atoms with Gasteiger partial charge in [-0.1, -0.05) is 36.4 Å². The first-order chi connectivity index (χ1) is 13.2. The van der Waals surface area contributed by atoms with Crippen LogP contribution in [0.15, 0.2) is 54.6 Å². The molecule has 0 bridgehead atoms. The van der Waals surface area contributed by atoms with Gasteiger partial charge in [0.05, 0.1) is 12.6 Å². The molecule has 6 heteroatoms. The topological polar surface area (TPSA) is 53.6 Å². The lowest BCUT2D eigenvalue weighted by Gasteiger charge is -2.28. The van der Waals surface area contributed by atoms with Crippen LogP contribution in [0.4, 0.5) is 9.18 Å². The fourth-order valence-electron chi connectivity index (χ4n) is 3.33. The summed E-state index contributed by atoms with van der Waals surface area (Å²) < 4.78 is 18.5. The van der Waals surface area contributed by atoms with Gasteiger partial charge in [0.15, 0.2) is 0 Å². The molecule has 1 aliphatic heterocycles. The van der Waals surface area contributed by atoms with Gasteiger partial charge in [0.2, 0.25) is 0 Å². The molecule has 144 valence electrons. The summed E-state index contributed by atoms with van der Waals surface area (Å²) >= 11 is 0. The molecule has 2 N–H and O–H groups in total. The summed E-state index contributed by atoms with van der Waals surface area (Å²) in [5.74, 6) is 0.113. The Labute approximate surface area is 159 Å². The minimum Gasteiger partial charge on any atom is -0.492 e. The third-order valence-electron chi connectivity index (χ3n) is 4.67. The van der Waals surface area contributed by atoms with Gasteiger partial charge in [0, 0.05) is 12.6 Å². The van der Waals surface area contributed by atoms with E-state index in [-0.39, 0.29) is 24.5 Å². The zero-order chi connectivity index (χ0) is 18.9. The molecule has 3 rings (SSSR count). The Morgan fingerprint density at radius 3 is 2.59 bits per heavy atom. The van der Waals surface area contributed by atoms with Crippen LogP contribution in [0.5, 0.6) is 5.75 Å². The van der Waals surface area contributed by atoms with Crippen molar-refractivity contribution < 1.29 is 13.9 Å². The fraction of sp³-hybridized carbons (Fsp3) is 0.381. The van der Waals surface area contributed by atoms with E-state index < -0.39 is 0 Å². The number of halogens is 1. The Kier molecular flexibility index (Phi) is 7.04. The van der Waals surface area contributed by atoms with Crippen LogP contribution in [0.25, 0.3) is 0 Å². The number of hydrogen-bond acceptors (Lipinski definition) is 3. The number of likely N-dealkylation sites (tertiary alicyclic amines) is 1. The van der Waals surface area contributed by atoms with Crippen LogP contribution in [0.2, 0.25) is 0 Å². The molecule has 27 heavy (non-hydrogen) atoms. The van der Waals surface area contributed by atoms with Crippen LogP contribution in [0.3, 0.4) is 0 Å². The van der Waals surface area contributed by atoms with Crippen LogP contribution in [-0.4, -0.2) is 43.7 Å². The van der Waals surface area contributed by atoms with Crippen LogP contribution < -0.4 is 15.4 Å². The Balaban J connectivity index is 1.42. The van der Waals surface area contributed by atoms with Gasteiger partial charge in [-0.15, -0.1) is 0 Å². The molecule has 0 aliphatic carbocycles. The zero-order valence-electron chi connectivity index (χ0n) is 15.4. The van der Waals surface area contributed by atoms with E-state index in [0.717, 1.165) is 13.1 Å². The third-order valence-corrected chi connectivity index (χ3v) is 4.67. The van der Waals surface area contributed by atoms with Crippen molar-refractivity contribution in [2.45, 2.75) is 18.9 Å². The van der Waals surface area contributed by atoms with E-state index in [9.17, 15) is 9.18 Å². The number of nitrogens with one attached hydrogen (secondary N) is 2. The van der Waals surface area contributed by atoms with Gasteiger partial charge in [-0.3, -0.25) is 4.90 Å². The number of benzene rings is 2. The molecule has 0 spiro atoms. The third kappa shape index (κ3) is 5.96. The first kappa shape index (κ1) is 19.2. The van der Waals surface area contributed by atoms with Crippen molar-refractivity contribution in [3.63, 3.8) is 0 Å². The highest BCUT2D eigenvalue weighted by Gasteiger charge is 2.23. The Hall–Kier alpha value is -2.60. The molecule has 0 aromatic heterocycles. The predicted octanol–water partition coefficient (Wildman–Crippen LogP) is 3.34. The molecule has 1 heterocycles. The standard InChI is InChI=1S/C21H26FN3O2/c22-18-9-6-10-19(15-18)27-14-11-23-21(26)24-16-20(25-12-4-5-13-25)17-7-2-1-3-8-17/h1-3,6-10,15,20H,4-5,11-14,16H2,(H2,23,24,26). The summed E-state index contributed by atoms with van der Waals surface area (Å²) in [6, 6.07) is 16.2. The molecule has 2 amide bonds. The minimum atomic E-state index is -0.341. The van der Waals surface area contributed by atoms with Crippen molar-refractivity contribution in [1.82, 2.24) is 15.5 Å². The summed E-state index contributed by atoms with van der Waals surface area (Å²) in [5, 5.41) is 5.74. The van der Waals surface area contributed by atoms with E-state index >= 15 is 0 Å². The summed E-state index contributed by atoms with van der Waals surface area (Å²) in [6.45, 7) is 3.31. The normalized spacial score (nSPS) is 15.3. The highest BCUT2D eigenvalue weighted by molar-refractivity contribution is 5.73. The van der Waals surface area contributed by atoms with Crippen LogP contribution in [0.1, 0.15) is 24.4 Å². The van der Waals surface area contributed by atoms with Crippen molar-refractivity contribution in [1.29, 1.82) is 0 Å². The highest BCUT2D eigenvalue weighted by atomic mass is 19.1. The minimum absolute atomic E-state index is 0.183. The lowest BCUT2D eigenvalue weighted by atomic mass is 10.1. The molecule has 2 aromatic rings. The number of nitrogens with zero attached hydrogens (tertiary/aromatic N) is 1. The lowest BCUT2D eigenvalue weighted by Crippen LogP contribution is -2.42. The molecule has 1 atom stereocenters. The predicted molar refractivity (Wildman–Crippen MR) is 103 cm³/mol. The van der Waals surface area contributed by atoms with E-state index in [1.165, 1.54) is 30.5 Å². The van der Waals surface area contributed by atoms with E-state index in [2.05, 4.69) is 27.7 Å². The Bertz CT molecular complexity index is 720. The summed E-state index contributed by atoms with van der Waals surface area (Å²) in [6.07, 6.45) is 2.40. The molecule has 1 fully saturated rings. The number of ether oxygens (including phenoxy) is 1. The van der Waals surface area contributed by atoms with E-state index in [4.69, 9.17) is 4.74 Å². The smallest absolute Gasteiger partial charge is 0.314 e. The molecular weight excluding hydrogens is 345 g/mol. The number of hydrogen-bond donors (Lipinski definition) is 2. The Morgan fingerprint density at radius 1 is 1.07 bits per heavy atom. The maximum absolute atomic E-state index is 13.1. The second kappa shape index (κ2) is 9.92. The highest BCUT2D eigenvalue weighted by Crippen LogP contribution is 2.24. The van der Waals surface area contributed by atoms with Crippen molar-refractivity contribution >= 4 is 6.03 Å². The first-order valence-electron chi connectivity index (χ1n) is 9.41. The van der Waals surface area contributed by atoms with Gasteiger partial charge >= 0.3 is 6.03 Å². The first-order valence-corrected chi connectivity index (χ1v) is 9.41. The van der Waals surface area contributed by atoms with Crippen LogP contribution in [-0.2, 0) is 0 Å². The van der Waals surface area contributed by atoms with Gasteiger partial charge in [-0.2, -0.15) is 0 Å². The Morgan fingerprint density at radius 2 is 1.85 bits per heavy atom. The van der Waals surface area contributed by atoms with Crippen molar-refractivity contribution in [2.24, 2.45) is 0 Å². The molecule has 0 saturated carbocycles. The maximum atomic E-state index is 13.1. The summed E-state index contributed by atoms with van der Waals surface area (Å²) in [7, 11) is 0. The second-order valence-electron chi connectivity index (χ2n) is 6.61. The number of carbonyl (C=O) groups is 1. The van der Waals surface area contributed by atoms with E-state index in [1.54, 1.807) is 12.1 Å². The molecule has 1 unspecified atom stereocenters. The molecule has 5 nitrogen and oxygen atoms in total. The fourth-order valence-corrected chi connectivity index (χ4v) is 3.33. The van der Waals surface area contributed by atoms with Gasteiger partial charge in [0.25, 0.3) is 0 Å². The number of amides is 2. The van der Waals surface area contributed by atoms with Crippen molar-refractivity contribution in [3.05, 3.63) is 66.0 Å².